The summed E-state index contributed by atoms with van der Waals surface area (Å²) in [6, 6.07) is 21.5. The first-order valence-electron chi connectivity index (χ1n) is 12.6. The molecule has 0 amide bonds. The molecule has 0 radical (unpaired) electrons. The minimum Gasteiger partial charge on any atom is -0.404 e. The van der Waals surface area contributed by atoms with E-state index in [-0.39, 0.29) is 17.2 Å². The van der Waals surface area contributed by atoms with Crippen molar-refractivity contribution in [2.45, 2.75) is 70.6 Å². The number of aldehydes is 1. The summed E-state index contributed by atoms with van der Waals surface area (Å²) in [4.78, 5) is 10.9. The average molecular weight is 489 g/mol. The molecule has 2 aromatic carbocycles. The number of allylic oxidation sites excluding steroid dienone is 2. The van der Waals surface area contributed by atoms with Crippen molar-refractivity contribution in [3.8, 4) is 0 Å². The summed E-state index contributed by atoms with van der Waals surface area (Å²) < 4.78 is 13.0. The molecule has 1 aliphatic heterocycles. The number of rotatable bonds is 10. The maximum Gasteiger partial charge on any atom is 0.261 e. The smallest absolute Gasteiger partial charge is 0.261 e. The number of benzene rings is 2. The van der Waals surface area contributed by atoms with E-state index in [0.29, 0.717) is 13.0 Å². The van der Waals surface area contributed by atoms with Gasteiger partial charge in [0.1, 0.15) is 6.29 Å². The predicted octanol–water partition coefficient (Wildman–Crippen LogP) is 6.15. The number of carbonyl (C=O) groups is 1. The summed E-state index contributed by atoms with van der Waals surface area (Å²) in [6.45, 7) is 13.7. The average Bonchev–Trinajstić information content (AvgIpc) is 2.81. The lowest BCUT2D eigenvalue weighted by Crippen LogP contribution is -2.66. The largest absolute Gasteiger partial charge is 0.404 e. The first-order valence-corrected chi connectivity index (χ1v) is 14.5. The van der Waals surface area contributed by atoms with Crippen molar-refractivity contribution in [1.82, 2.24) is 0 Å². The van der Waals surface area contributed by atoms with Crippen LogP contribution in [-0.4, -0.2) is 33.4 Å². The van der Waals surface area contributed by atoms with Crippen LogP contribution < -0.4 is 10.4 Å². The van der Waals surface area contributed by atoms with E-state index in [0.717, 1.165) is 31.1 Å². The molecule has 1 heterocycles. The minimum atomic E-state index is -2.51. The molecule has 186 valence electrons. The Morgan fingerprint density at radius 1 is 1.03 bits per heavy atom. The van der Waals surface area contributed by atoms with Gasteiger partial charge in [0.05, 0.1) is 18.8 Å². The number of ether oxygens (including phenoxy) is 1. The van der Waals surface area contributed by atoms with Gasteiger partial charge < -0.3 is 14.0 Å². The van der Waals surface area contributed by atoms with Gasteiger partial charge >= 0.3 is 0 Å². The third-order valence-electron chi connectivity index (χ3n) is 6.62. The van der Waals surface area contributed by atoms with Crippen molar-refractivity contribution >= 4 is 25.0 Å². The van der Waals surface area contributed by atoms with Gasteiger partial charge in [0.15, 0.2) is 0 Å². The van der Waals surface area contributed by atoms with Gasteiger partial charge in [-0.25, -0.2) is 0 Å². The van der Waals surface area contributed by atoms with Gasteiger partial charge in [-0.15, -0.1) is 0 Å². The van der Waals surface area contributed by atoms with E-state index in [1.165, 1.54) is 15.9 Å². The second-order valence-corrected chi connectivity index (χ2v) is 14.8. The highest BCUT2D eigenvalue weighted by molar-refractivity contribution is 6.99. The SMILES string of the molecule is C=C1C[C@H](CC=O)O[C@H](/C=C(\C)C/C=C/CO[Si](c2ccccc2)(c2ccccc2)C(C)(C)C)C1. The topological polar surface area (TPSA) is 35.5 Å². The minimum absolute atomic E-state index is 0.00274. The highest BCUT2D eigenvalue weighted by Crippen LogP contribution is 2.36. The molecular formula is C31H40O3Si. The molecule has 1 saturated heterocycles. The Morgan fingerprint density at radius 2 is 1.63 bits per heavy atom. The van der Waals surface area contributed by atoms with Crippen molar-refractivity contribution in [1.29, 1.82) is 0 Å². The van der Waals surface area contributed by atoms with E-state index in [9.17, 15) is 4.79 Å². The maximum atomic E-state index is 10.9. The first-order chi connectivity index (χ1) is 16.8. The Balaban J connectivity index is 1.71. The van der Waals surface area contributed by atoms with Crippen LogP contribution in [0.4, 0.5) is 0 Å². The van der Waals surface area contributed by atoms with Gasteiger partial charge in [-0.3, -0.25) is 0 Å². The molecule has 0 aliphatic carbocycles. The summed E-state index contributed by atoms with van der Waals surface area (Å²) in [5.74, 6) is 0. The van der Waals surface area contributed by atoms with Gasteiger partial charge in [0.2, 0.25) is 0 Å². The number of carbonyl (C=O) groups excluding carboxylic acids is 1. The lowest BCUT2D eigenvalue weighted by atomic mass is 9.96. The second-order valence-electron chi connectivity index (χ2n) is 10.5. The van der Waals surface area contributed by atoms with Crippen LogP contribution >= 0.6 is 0 Å². The van der Waals surface area contributed by atoms with Crippen LogP contribution in [0.25, 0.3) is 0 Å². The zero-order valence-electron chi connectivity index (χ0n) is 21.7. The van der Waals surface area contributed by atoms with Crippen LogP contribution in [0, 0.1) is 0 Å². The molecule has 1 aliphatic rings. The second kappa shape index (κ2) is 12.4. The molecule has 4 heteroatoms. The van der Waals surface area contributed by atoms with Crippen LogP contribution in [0.15, 0.2) is 96.6 Å². The molecule has 0 N–H and O–H groups in total. The standard InChI is InChI=1S/C31H40O3Si/c1-25(22-28-24-26(2)23-27(34-28)19-20-32)14-12-13-21-33-35(31(3,4)5,29-15-8-6-9-16-29)30-17-10-7-11-18-30/h6-13,15-18,20,22,27-28H,2,14,19,21,23-24H2,1,3-5H3/b13-12+,25-22+/t27-,28+/m0/s1. The van der Waals surface area contributed by atoms with Crippen molar-refractivity contribution in [3.63, 3.8) is 0 Å². The molecule has 0 aromatic heterocycles. The van der Waals surface area contributed by atoms with E-state index in [4.69, 9.17) is 9.16 Å². The lowest BCUT2D eigenvalue weighted by molar-refractivity contribution is -0.111. The van der Waals surface area contributed by atoms with E-state index in [1.54, 1.807) is 0 Å². The summed E-state index contributed by atoms with van der Waals surface area (Å²) >= 11 is 0. The highest BCUT2D eigenvalue weighted by Gasteiger charge is 2.49. The fourth-order valence-electron chi connectivity index (χ4n) is 5.04. The Labute approximate surface area is 212 Å². The molecule has 0 saturated carbocycles. The Hall–Kier alpha value is -2.53. The Bertz CT molecular complexity index is 979. The number of hydrogen-bond donors (Lipinski definition) is 0. The molecule has 1 fully saturated rings. The molecule has 3 rings (SSSR count). The first kappa shape index (κ1) is 27.1. The van der Waals surface area contributed by atoms with Gasteiger partial charge in [0.25, 0.3) is 8.32 Å². The molecule has 0 spiro atoms. The lowest BCUT2D eigenvalue weighted by Gasteiger charge is -2.42. The molecule has 2 aromatic rings. The summed E-state index contributed by atoms with van der Waals surface area (Å²) in [7, 11) is -2.51. The molecule has 35 heavy (non-hydrogen) atoms. The van der Waals surface area contributed by atoms with Crippen LogP contribution in [0.2, 0.25) is 5.04 Å². The van der Waals surface area contributed by atoms with Gasteiger partial charge in [-0.2, -0.15) is 0 Å². The maximum absolute atomic E-state index is 10.9. The third-order valence-corrected chi connectivity index (χ3v) is 11.6. The fourth-order valence-corrected chi connectivity index (χ4v) is 9.54. The Morgan fingerprint density at radius 3 is 2.17 bits per heavy atom. The van der Waals surface area contributed by atoms with Crippen LogP contribution in [0.1, 0.15) is 53.4 Å². The van der Waals surface area contributed by atoms with Crippen LogP contribution in [0.3, 0.4) is 0 Å². The van der Waals surface area contributed by atoms with Gasteiger partial charge in [-0.1, -0.05) is 117 Å². The molecule has 2 atom stereocenters. The quantitative estimate of drug-likeness (QED) is 0.229. The zero-order valence-corrected chi connectivity index (χ0v) is 22.7. The van der Waals surface area contributed by atoms with Crippen molar-refractivity contribution < 1.29 is 14.0 Å². The molecule has 0 unspecified atom stereocenters. The normalized spacial score (nSPS) is 19.8. The number of hydrogen-bond acceptors (Lipinski definition) is 3. The van der Waals surface area contributed by atoms with Gasteiger partial charge in [-0.05, 0) is 41.6 Å². The molecule has 3 nitrogen and oxygen atoms in total. The molecule has 0 bridgehead atoms. The Kier molecular flexibility index (Phi) is 9.61. The summed E-state index contributed by atoms with van der Waals surface area (Å²) in [5.41, 5.74) is 2.41. The van der Waals surface area contributed by atoms with Crippen LogP contribution in [0.5, 0.6) is 0 Å². The van der Waals surface area contributed by atoms with Gasteiger partial charge in [0, 0.05) is 6.42 Å². The molecular weight excluding hydrogens is 448 g/mol. The summed E-state index contributed by atoms with van der Waals surface area (Å²) in [6.07, 6.45) is 10.3. The van der Waals surface area contributed by atoms with Crippen LogP contribution in [-0.2, 0) is 14.0 Å². The van der Waals surface area contributed by atoms with E-state index in [2.05, 4.69) is 113 Å². The predicted molar refractivity (Wildman–Crippen MR) is 149 cm³/mol. The van der Waals surface area contributed by atoms with E-state index in [1.807, 2.05) is 0 Å². The monoisotopic (exact) mass is 488 g/mol. The van der Waals surface area contributed by atoms with Crippen molar-refractivity contribution in [2.75, 3.05) is 6.61 Å². The van der Waals surface area contributed by atoms with E-state index < -0.39 is 8.32 Å². The highest BCUT2D eigenvalue weighted by atomic mass is 28.4. The third kappa shape index (κ3) is 7.00. The fraction of sp³-hybridized carbons (Fsp3) is 0.387. The van der Waals surface area contributed by atoms with E-state index >= 15 is 0 Å². The zero-order chi connectivity index (χ0) is 25.3. The van der Waals surface area contributed by atoms with Crippen molar-refractivity contribution in [3.05, 3.63) is 96.6 Å². The van der Waals surface area contributed by atoms with Crippen molar-refractivity contribution in [2.24, 2.45) is 0 Å². The summed E-state index contributed by atoms with van der Waals surface area (Å²) in [5, 5.41) is 2.56.